The van der Waals surface area contributed by atoms with Crippen molar-refractivity contribution in [3.05, 3.63) is 97.2 Å². The van der Waals surface area contributed by atoms with E-state index >= 15 is 0 Å². The van der Waals surface area contributed by atoms with Crippen molar-refractivity contribution in [3.63, 3.8) is 0 Å². The highest BCUT2D eigenvalue weighted by Gasteiger charge is 2.24. The van der Waals surface area contributed by atoms with Crippen LogP contribution in [0.15, 0.2) is 97.2 Å². The van der Waals surface area contributed by atoms with Crippen LogP contribution in [0.1, 0.15) is 129 Å². The van der Waals surface area contributed by atoms with Gasteiger partial charge in [0.2, 0.25) is 0 Å². The Hall–Kier alpha value is -3.03. The van der Waals surface area contributed by atoms with E-state index < -0.39 is 32.5 Å². The Labute approximate surface area is 309 Å². The van der Waals surface area contributed by atoms with Crippen LogP contribution in [0.3, 0.4) is 0 Å². The Bertz CT molecular complexity index is 1150. The number of rotatable bonds is 33. The maximum atomic E-state index is 12.4. The Balaban J connectivity index is 4.25. The molecule has 51 heavy (non-hydrogen) atoms. The quantitative estimate of drug-likeness (QED) is 0.0308. The van der Waals surface area contributed by atoms with Gasteiger partial charge < -0.3 is 14.4 Å². The molecule has 0 aromatic heterocycles. The van der Waals surface area contributed by atoms with Crippen LogP contribution in [0.2, 0.25) is 0 Å². The molecular weight excluding hydrogens is 663 g/mol. The standard InChI is InChI=1S/C42H67O8P/c1-4-6-8-10-12-14-16-18-19-20-21-22-23-25-27-29-31-33-35-37-42(44)50-40(39-49-51(45,46)47-3)38-48-41(43)36-34-32-30-28-26-24-17-15-13-11-9-7-5-2/h6,8-9,11-12,14-15,17-19,21-22,25,27,31,33,40H,4-5,7,10,13,16,20,23-24,26,28-30,32,34-39H2,1-3H3,(H,45,46)/b8-6-,11-9-,14-12-,17-15-,19-18-,22-21-,27-25-,33-31-. The molecule has 0 heterocycles. The van der Waals surface area contributed by atoms with Crippen LogP contribution in [0.4, 0.5) is 0 Å². The van der Waals surface area contributed by atoms with E-state index in [1.807, 2.05) is 12.2 Å². The van der Waals surface area contributed by atoms with E-state index in [4.69, 9.17) is 14.0 Å². The molecule has 0 aromatic carbocycles. The number of unbranched alkanes of at least 4 members (excludes halogenated alkanes) is 6. The first-order chi connectivity index (χ1) is 24.8. The van der Waals surface area contributed by atoms with Crippen LogP contribution < -0.4 is 0 Å². The van der Waals surface area contributed by atoms with Crippen molar-refractivity contribution >= 4 is 19.8 Å². The van der Waals surface area contributed by atoms with Crippen molar-refractivity contribution in [2.45, 2.75) is 136 Å². The van der Waals surface area contributed by atoms with Gasteiger partial charge in [-0.3, -0.25) is 18.6 Å². The minimum Gasteiger partial charge on any atom is -0.462 e. The predicted octanol–water partition coefficient (Wildman–Crippen LogP) is 11.7. The van der Waals surface area contributed by atoms with Gasteiger partial charge in [-0.15, -0.1) is 0 Å². The molecule has 0 aromatic rings. The third-order valence-electron chi connectivity index (χ3n) is 7.31. The van der Waals surface area contributed by atoms with Crippen LogP contribution >= 0.6 is 7.82 Å². The fourth-order valence-electron chi connectivity index (χ4n) is 4.43. The van der Waals surface area contributed by atoms with Crippen LogP contribution in [0.5, 0.6) is 0 Å². The van der Waals surface area contributed by atoms with Crippen LogP contribution in [0, 0.1) is 0 Å². The van der Waals surface area contributed by atoms with Gasteiger partial charge in [0, 0.05) is 20.0 Å². The number of esters is 2. The van der Waals surface area contributed by atoms with E-state index in [1.165, 1.54) is 6.42 Å². The van der Waals surface area contributed by atoms with Crippen LogP contribution in [-0.4, -0.2) is 43.3 Å². The molecular formula is C42H67O8P. The molecule has 8 nitrogen and oxygen atoms in total. The topological polar surface area (TPSA) is 108 Å². The first-order valence-corrected chi connectivity index (χ1v) is 20.4. The van der Waals surface area contributed by atoms with Gasteiger partial charge >= 0.3 is 19.8 Å². The molecule has 1 N–H and O–H groups in total. The largest absolute Gasteiger partial charge is 0.472 e. The lowest BCUT2D eigenvalue weighted by atomic mass is 10.1. The number of phosphoric acid groups is 1. The highest BCUT2D eigenvalue weighted by atomic mass is 31.2. The van der Waals surface area contributed by atoms with E-state index in [9.17, 15) is 19.0 Å². The number of carbonyl (C=O) groups is 2. The van der Waals surface area contributed by atoms with Crippen molar-refractivity contribution in [1.82, 2.24) is 0 Å². The first-order valence-electron chi connectivity index (χ1n) is 18.9. The normalized spacial score (nSPS) is 14.5. The number of carbonyl (C=O) groups excluding carboxylic acids is 2. The van der Waals surface area contributed by atoms with E-state index in [0.29, 0.717) is 12.8 Å². The molecule has 0 rings (SSSR count). The van der Waals surface area contributed by atoms with E-state index in [-0.39, 0.29) is 19.4 Å². The maximum Gasteiger partial charge on any atom is 0.472 e. The molecule has 0 radical (unpaired) electrons. The van der Waals surface area contributed by atoms with E-state index in [1.54, 1.807) is 0 Å². The Kier molecular flexibility index (Phi) is 34.6. The summed E-state index contributed by atoms with van der Waals surface area (Å²) in [6.45, 7) is 3.60. The first kappa shape index (κ1) is 48.0. The van der Waals surface area contributed by atoms with E-state index in [0.717, 1.165) is 90.6 Å². The monoisotopic (exact) mass is 730 g/mol. The average Bonchev–Trinajstić information content (AvgIpc) is 3.12. The smallest absolute Gasteiger partial charge is 0.462 e. The zero-order chi connectivity index (χ0) is 37.5. The molecule has 9 heteroatoms. The number of phosphoric ester groups is 1. The fourth-order valence-corrected chi connectivity index (χ4v) is 4.89. The second-order valence-electron chi connectivity index (χ2n) is 12.0. The maximum absolute atomic E-state index is 12.4. The van der Waals surface area contributed by atoms with Crippen molar-refractivity contribution in [3.8, 4) is 0 Å². The summed E-state index contributed by atoms with van der Waals surface area (Å²) in [5.74, 6) is -0.931. The molecule has 2 unspecified atom stereocenters. The molecule has 0 amide bonds. The van der Waals surface area contributed by atoms with Gasteiger partial charge in [0.25, 0.3) is 0 Å². The minimum absolute atomic E-state index is 0.111. The van der Waals surface area contributed by atoms with E-state index in [2.05, 4.69) is 103 Å². The van der Waals surface area contributed by atoms with Gasteiger partial charge in [0.05, 0.1) is 6.61 Å². The summed E-state index contributed by atoms with van der Waals surface area (Å²) >= 11 is 0. The van der Waals surface area contributed by atoms with Crippen molar-refractivity contribution in [1.29, 1.82) is 0 Å². The van der Waals surface area contributed by atoms with Crippen molar-refractivity contribution < 1.29 is 37.6 Å². The zero-order valence-electron chi connectivity index (χ0n) is 31.7. The molecule has 0 aliphatic rings. The molecule has 0 fully saturated rings. The number of hydrogen-bond donors (Lipinski definition) is 1. The lowest BCUT2D eigenvalue weighted by molar-refractivity contribution is -0.161. The molecule has 0 bridgehead atoms. The summed E-state index contributed by atoms with van der Waals surface area (Å²) in [4.78, 5) is 34.3. The van der Waals surface area contributed by atoms with Crippen LogP contribution in [-0.2, 0) is 32.7 Å². The highest BCUT2D eigenvalue weighted by molar-refractivity contribution is 7.47. The third kappa shape index (κ3) is 36.6. The number of allylic oxidation sites excluding steroid dienone is 16. The van der Waals surface area contributed by atoms with Gasteiger partial charge in [-0.05, 0) is 77.0 Å². The number of hydrogen-bond acceptors (Lipinski definition) is 7. The summed E-state index contributed by atoms with van der Waals surface area (Å²) in [6, 6.07) is 0. The molecule has 0 spiro atoms. The molecule has 0 aliphatic heterocycles. The van der Waals surface area contributed by atoms with Gasteiger partial charge in [-0.25, -0.2) is 4.57 Å². The van der Waals surface area contributed by atoms with Gasteiger partial charge in [-0.1, -0.05) is 137 Å². The second kappa shape index (κ2) is 36.8. The lowest BCUT2D eigenvalue weighted by Gasteiger charge is -2.19. The average molecular weight is 731 g/mol. The zero-order valence-corrected chi connectivity index (χ0v) is 32.6. The van der Waals surface area contributed by atoms with Crippen molar-refractivity contribution in [2.75, 3.05) is 20.3 Å². The summed E-state index contributed by atoms with van der Waals surface area (Å²) < 4.78 is 31.8. The van der Waals surface area contributed by atoms with Crippen molar-refractivity contribution in [2.24, 2.45) is 0 Å². The Morgan fingerprint density at radius 1 is 0.569 bits per heavy atom. The molecule has 0 saturated carbocycles. The molecule has 2 atom stereocenters. The van der Waals surface area contributed by atoms with Gasteiger partial charge in [-0.2, -0.15) is 0 Å². The highest BCUT2D eigenvalue weighted by Crippen LogP contribution is 2.42. The molecule has 0 aliphatic carbocycles. The summed E-state index contributed by atoms with van der Waals surface area (Å²) in [7, 11) is -3.25. The predicted molar refractivity (Wildman–Crippen MR) is 211 cm³/mol. The van der Waals surface area contributed by atoms with Gasteiger partial charge in [0.15, 0.2) is 6.10 Å². The minimum atomic E-state index is -4.29. The molecule has 288 valence electrons. The summed E-state index contributed by atoms with van der Waals surface area (Å²) in [5.41, 5.74) is 0. The Morgan fingerprint density at radius 3 is 1.57 bits per heavy atom. The Morgan fingerprint density at radius 2 is 1.04 bits per heavy atom. The number of ether oxygens (including phenoxy) is 2. The second-order valence-corrected chi connectivity index (χ2v) is 13.5. The lowest BCUT2D eigenvalue weighted by Crippen LogP contribution is -2.29. The van der Waals surface area contributed by atoms with Crippen LogP contribution in [0.25, 0.3) is 0 Å². The summed E-state index contributed by atoms with van der Waals surface area (Å²) in [6.07, 6.45) is 49.0. The fraction of sp³-hybridized carbons (Fsp3) is 0.571. The van der Waals surface area contributed by atoms with Gasteiger partial charge in [0.1, 0.15) is 6.61 Å². The molecule has 0 saturated heterocycles. The third-order valence-corrected chi connectivity index (χ3v) is 8.24. The SMILES string of the molecule is CC/C=C\C/C=C\C/C=C\C/C=C\C/C=C\C/C=C\CCC(=O)OC(COC(=O)CCCCCCC/C=C\C/C=C\CCC)COP(=O)(O)OC. The summed E-state index contributed by atoms with van der Waals surface area (Å²) in [5, 5.41) is 0.